The number of methoxy groups -OCH3 is 1. The van der Waals surface area contributed by atoms with E-state index in [1.54, 1.807) is 0 Å². The van der Waals surface area contributed by atoms with E-state index in [1.807, 2.05) is 0 Å². The molecule has 0 spiro atoms. The summed E-state index contributed by atoms with van der Waals surface area (Å²) in [5.74, 6) is 0.655. The Morgan fingerprint density at radius 3 is 2.50 bits per heavy atom. The zero-order chi connectivity index (χ0) is 14.8. The molecular weight excluding hydrogens is 291 g/mol. The van der Waals surface area contributed by atoms with Gasteiger partial charge in [0.1, 0.15) is 5.75 Å². The van der Waals surface area contributed by atoms with Gasteiger partial charge in [-0.1, -0.05) is 11.6 Å². The van der Waals surface area contributed by atoms with Crippen molar-refractivity contribution in [3.05, 3.63) is 28.3 Å². The average Bonchev–Trinajstić information content (AvgIpc) is 2.40. The van der Waals surface area contributed by atoms with Crippen molar-refractivity contribution in [1.82, 2.24) is 5.32 Å². The lowest BCUT2D eigenvalue weighted by atomic mass is 9.90. The number of hydrogen-bond acceptors (Lipinski definition) is 2. The van der Waals surface area contributed by atoms with Crippen LogP contribution < -0.4 is 10.1 Å². The van der Waals surface area contributed by atoms with E-state index >= 15 is 0 Å². The van der Waals surface area contributed by atoms with E-state index in [0.29, 0.717) is 17.9 Å². The Kier molecular flexibility index (Phi) is 4.81. The summed E-state index contributed by atoms with van der Waals surface area (Å²) in [6.07, 6.45) is -1.76. The first-order chi connectivity index (χ1) is 9.41. The molecular formula is C14H17ClF3NO. The van der Waals surface area contributed by atoms with Crippen LogP contribution >= 0.6 is 11.6 Å². The molecule has 2 nitrogen and oxygen atoms in total. The third-order valence-electron chi connectivity index (χ3n) is 3.65. The molecule has 112 valence electrons. The molecule has 1 aliphatic heterocycles. The molecule has 0 saturated carbocycles. The number of hydrogen-bond donors (Lipinski definition) is 1. The number of ether oxygens (including phenoxy) is 1. The predicted molar refractivity (Wildman–Crippen MR) is 72.3 cm³/mol. The highest BCUT2D eigenvalue weighted by molar-refractivity contribution is 6.31. The van der Waals surface area contributed by atoms with Crippen LogP contribution in [0.1, 0.15) is 24.0 Å². The van der Waals surface area contributed by atoms with E-state index in [4.69, 9.17) is 16.3 Å². The second-order valence-corrected chi connectivity index (χ2v) is 5.44. The fraction of sp³-hybridized carbons (Fsp3) is 0.571. The Morgan fingerprint density at radius 1 is 1.30 bits per heavy atom. The van der Waals surface area contributed by atoms with Gasteiger partial charge >= 0.3 is 6.18 Å². The van der Waals surface area contributed by atoms with Gasteiger partial charge in [0.05, 0.1) is 12.7 Å². The monoisotopic (exact) mass is 307 g/mol. The predicted octanol–water partition coefficient (Wildman–Crippen LogP) is 3.91. The molecule has 0 aromatic heterocycles. The molecule has 0 amide bonds. The van der Waals surface area contributed by atoms with Crippen LogP contribution in [0.3, 0.4) is 0 Å². The fourth-order valence-electron chi connectivity index (χ4n) is 2.53. The summed E-state index contributed by atoms with van der Waals surface area (Å²) in [6.45, 7) is 1.87. The molecule has 20 heavy (non-hydrogen) atoms. The lowest BCUT2D eigenvalue weighted by molar-refractivity contribution is -0.137. The molecule has 0 atom stereocenters. The normalized spacial score (nSPS) is 17.2. The van der Waals surface area contributed by atoms with Crippen molar-refractivity contribution >= 4 is 11.6 Å². The smallest absolute Gasteiger partial charge is 0.416 e. The van der Waals surface area contributed by atoms with Crippen molar-refractivity contribution in [3.63, 3.8) is 0 Å². The molecule has 1 N–H and O–H groups in total. The molecule has 6 heteroatoms. The molecule has 1 aromatic rings. The molecule has 1 aromatic carbocycles. The highest BCUT2D eigenvalue weighted by Gasteiger charge is 2.32. The van der Waals surface area contributed by atoms with E-state index < -0.39 is 11.7 Å². The van der Waals surface area contributed by atoms with Crippen molar-refractivity contribution in [2.24, 2.45) is 5.92 Å². The van der Waals surface area contributed by atoms with Gasteiger partial charge in [-0.15, -0.1) is 0 Å². The molecule has 1 heterocycles. The molecule has 0 radical (unpaired) electrons. The Hall–Kier alpha value is -0.940. The lowest BCUT2D eigenvalue weighted by Crippen LogP contribution is -2.28. The van der Waals surface area contributed by atoms with Crippen LogP contribution in [0.2, 0.25) is 5.02 Å². The summed E-state index contributed by atoms with van der Waals surface area (Å²) in [5.41, 5.74) is -0.0949. The number of alkyl halides is 3. The minimum absolute atomic E-state index is 0.134. The lowest BCUT2D eigenvalue weighted by Gasteiger charge is -2.24. The minimum atomic E-state index is -4.41. The quantitative estimate of drug-likeness (QED) is 0.914. The molecule has 1 saturated heterocycles. The number of piperidine rings is 1. The highest BCUT2D eigenvalue weighted by Crippen LogP contribution is 2.38. The van der Waals surface area contributed by atoms with Gasteiger partial charge in [0.15, 0.2) is 0 Å². The SMILES string of the molecule is COc1cc(C(F)(F)F)cc(Cl)c1CC1CCNCC1. The maximum Gasteiger partial charge on any atom is 0.416 e. The van der Waals surface area contributed by atoms with Crippen molar-refractivity contribution in [2.75, 3.05) is 20.2 Å². The molecule has 1 fully saturated rings. The third-order valence-corrected chi connectivity index (χ3v) is 3.99. The summed E-state index contributed by atoms with van der Waals surface area (Å²) in [7, 11) is 1.37. The van der Waals surface area contributed by atoms with E-state index in [0.717, 1.165) is 38.1 Å². The third kappa shape index (κ3) is 3.58. The summed E-state index contributed by atoms with van der Waals surface area (Å²) >= 11 is 6.04. The molecule has 0 bridgehead atoms. The van der Waals surface area contributed by atoms with Gasteiger partial charge in [-0.3, -0.25) is 0 Å². The van der Waals surface area contributed by atoms with Crippen LogP contribution in [0, 0.1) is 5.92 Å². The Morgan fingerprint density at radius 2 is 1.95 bits per heavy atom. The zero-order valence-corrected chi connectivity index (χ0v) is 11.9. The highest BCUT2D eigenvalue weighted by atomic mass is 35.5. The maximum atomic E-state index is 12.8. The number of benzene rings is 1. The standard InChI is InChI=1S/C14H17ClF3NO/c1-20-13-8-10(14(16,17)18)7-12(15)11(13)6-9-2-4-19-5-3-9/h7-9,19H,2-6H2,1H3. The first-order valence-corrected chi connectivity index (χ1v) is 6.94. The van der Waals surface area contributed by atoms with E-state index in [9.17, 15) is 13.2 Å². The Bertz CT molecular complexity index is 470. The van der Waals surface area contributed by atoms with Gasteiger partial charge in [-0.2, -0.15) is 13.2 Å². The van der Waals surface area contributed by atoms with Gasteiger partial charge < -0.3 is 10.1 Å². The molecule has 2 rings (SSSR count). The van der Waals surface area contributed by atoms with Gasteiger partial charge in [0.25, 0.3) is 0 Å². The van der Waals surface area contributed by atoms with Gasteiger partial charge in [0.2, 0.25) is 0 Å². The van der Waals surface area contributed by atoms with E-state index in [1.165, 1.54) is 7.11 Å². The van der Waals surface area contributed by atoms with Crippen molar-refractivity contribution in [1.29, 1.82) is 0 Å². The van der Waals surface area contributed by atoms with E-state index in [-0.39, 0.29) is 10.8 Å². The van der Waals surface area contributed by atoms with Crippen molar-refractivity contribution in [2.45, 2.75) is 25.4 Å². The first-order valence-electron chi connectivity index (χ1n) is 6.56. The van der Waals surface area contributed by atoms with Gasteiger partial charge in [-0.05, 0) is 50.4 Å². The second-order valence-electron chi connectivity index (χ2n) is 5.03. The molecule has 0 aliphatic carbocycles. The number of halogens is 4. The van der Waals surface area contributed by atoms with Gasteiger partial charge in [-0.25, -0.2) is 0 Å². The van der Waals surface area contributed by atoms with Crippen LogP contribution in [0.5, 0.6) is 5.75 Å². The first kappa shape index (κ1) is 15.4. The largest absolute Gasteiger partial charge is 0.496 e. The Labute approximate surface area is 121 Å². The van der Waals surface area contributed by atoms with Crippen molar-refractivity contribution in [3.8, 4) is 5.75 Å². The summed E-state index contributed by atoms with van der Waals surface area (Å²) in [4.78, 5) is 0. The fourth-order valence-corrected chi connectivity index (χ4v) is 2.82. The zero-order valence-electron chi connectivity index (χ0n) is 11.2. The molecule has 1 aliphatic rings. The van der Waals surface area contributed by atoms with Crippen LogP contribution in [0.25, 0.3) is 0 Å². The van der Waals surface area contributed by atoms with Crippen LogP contribution in [0.4, 0.5) is 13.2 Å². The van der Waals surface area contributed by atoms with E-state index in [2.05, 4.69) is 5.32 Å². The Balaban J connectivity index is 2.27. The van der Waals surface area contributed by atoms with Crippen LogP contribution in [-0.4, -0.2) is 20.2 Å². The summed E-state index contributed by atoms with van der Waals surface area (Å²) in [5, 5.41) is 3.39. The number of rotatable bonds is 3. The molecule has 0 unspecified atom stereocenters. The minimum Gasteiger partial charge on any atom is -0.496 e. The van der Waals surface area contributed by atoms with Crippen LogP contribution in [0.15, 0.2) is 12.1 Å². The topological polar surface area (TPSA) is 21.3 Å². The second kappa shape index (κ2) is 6.22. The average molecular weight is 308 g/mol. The van der Waals surface area contributed by atoms with Crippen LogP contribution in [-0.2, 0) is 12.6 Å². The summed E-state index contributed by atoms with van der Waals surface area (Å²) in [6, 6.07) is 2.02. The van der Waals surface area contributed by atoms with Gasteiger partial charge in [0, 0.05) is 10.6 Å². The maximum absolute atomic E-state index is 12.8. The summed E-state index contributed by atoms with van der Waals surface area (Å²) < 4.78 is 43.4. The number of nitrogens with one attached hydrogen (secondary N) is 1. The van der Waals surface area contributed by atoms with Crippen molar-refractivity contribution < 1.29 is 17.9 Å².